The van der Waals surface area contributed by atoms with E-state index in [1.54, 1.807) is 6.07 Å². The summed E-state index contributed by atoms with van der Waals surface area (Å²) < 4.78 is 31.7. The molecule has 0 amide bonds. The Bertz CT molecular complexity index is 372. The third kappa shape index (κ3) is 5.79. The Balaban J connectivity index is 0.000000293. The number of halogens is 3. The van der Waals surface area contributed by atoms with E-state index in [1.165, 1.54) is 0 Å². The van der Waals surface area contributed by atoms with E-state index in [0.717, 1.165) is 17.4 Å². The van der Waals surface area contributed by atoms with E-state index in [9.17, 15) is 18.0 Å². The molecular formula is C10H9F3O3. The van der Waals surface area contributed by atoms with Crippen LogP contribution in [0.15, 0.2) is 24.3 Å². The molecule has 88 valence electrons. The third-order valence-corrected chi connectivity index (χ3v) is 1.42. The first-order chi connectivity index (χ1) is 7.27. The summed E-state index contributed by atoms with van der Waals surface area (Å²) in [5, 5.41) is 7.12. The van der Waals surface area contributed by atoms with Crippen LogP contribution in [0.1, 0.15) is 15.9 Å². The van der Waals surface area contributed by atoms with Gasteiger partial charge in [-0.3, -0.25) is 4.79 Å². The van der Waals surface area contributed by atoms with E-state index in [-0.39, 0.29) is 0 Å². The molecule has 0 saturated carbocycles. The monoisotopic (exact) mass is 234 g/mol. The Morgan fingerprint density at radius 3 is 2.12 bits per heavy atom. The summed E-state index contributed by atoms with van der Waals surface area (Å²) in [5.74, 6) is -2.76. The second-order valence-electron chi connectivity index (χ2n) is 2.83. The van der Waals surface area contributed by atoms with Crippen molar-refractivity contribution in [1.82, 2.24) is 0 Å². The van der Waals surface area contributed by atoms with Crippen molar-refractivity contribution in [2.45, 2.75) is 13.1 Å². The zero-order chi connectivity index (χ0) is 12.8. The van der Waals surface area contributed by atoms with Gasteiger partial charge in [0.25, 0.3) is 0 Å². The van der Waals surface area contributed by atoms with Crippen LogP contribution >= 0.6 is 0 Å². The van der Waals surface area contributed by atoms with Gasteiger partial charge in [0.1, 0.15) is 6.29 Å². The standard InChI is InChI=1S/C8H8O.C2HF3O2/c1-7-3-2-4-8(5-7)6-9;3-2(4,5)1(6)7/h2-6H,1H3;(H,6,7). The summed E-state index contributed by atoms with van der Waals surface area (Å²) in [6.45, 7) is 1.97. The lowest BCUT2D eigenvalue weighted by Gasteiger charge is -1.93. The summed E-state index contributed by atoms with van der Waals surface area (Å²) in [4.78, 5) is 19.1. The van der Waals surface area contributed by atoms with Crippen LogP contribution in [0.4, 0.5) is 13.2 Å². The number of aldehydes is 1. The Morgan fingerprint density at radius 2 is 1.88 bits per heavy atom. The first-order valence-electron chi connectivity index (χ1n) is 4.09. The predicted octanol–water partition coefficient (Wildman–Crippen LogP) is 2.44. The molecule has 0 aliphatic rings. The van der Waals surface area contributed by atoms with Crippen LogP contribution in [-0.4, -0.2) is 23.5 Å². The molecule has 0 aliphatic heterocycles. The SMILES string of the molecule is Cc1cccc(C=O)c1.O=C(O)C(F)(F)F. The van der Waals surface area contributed by atoms with Gasteiger partial charge < -0.3 is 5.11 Å². The quantitative estimate of drug-likeness (QED) is 0.759. The van der Waals surface area contributed by atoms with Crippen LogP contribution in [0.3, 0.4) is 0 Å². The van der Waals surface area contributed by atoms with E-state index in [2.05, 4.69) is 0 Å². The highest BCUT2D eigenvalue weighted by molar-refractivity contribution is 5.74. The van der Waals surface area contributed by atoms with Crippen molar-refractivity contribution in [2.75, 3.05) is 0 Å². The van der Waals surface area contributed by atoms with Crippen LogP contribution in [0.5, 0.6) is 0 Å². The highest BCUT2D eigenvalue weighted by Crippen LogP contribution is 2.13. The maximum absolute atomic E-state index is 10.6. The average Bonchev–Trinajstić information content (AvgIpc) is 2.17. The molecule has 0 saturated heterocycles. The van der Waals surface area contributed by atoms with Gasteiger partial charge >= 0.3 is 12.1 Å². The smallest absolute Gasteiger partial charge is 0.475 e. The number of carboxylic acid groups (broad SMARTS) is 1. The van der Waals surface area contributed by atoms with Gasteiger partial charge in [-0.1, -0.05) is 23.8 Å². The lowest BCUT2D eigenvalue weighted by atomic mass is 10.2. The molecule has 0 aromatic heterocycles. The number of benzene rings is 1. The molecule has 0 radical (unpaired) electrons. The van der Waals surface area contributed by atoms with Crippen molar-refractivity contribution >= 4 is 12.3 Å². The summed E-state index contributed by atoms with van der Waals surface area (Å²) in [6, 6.07) is 7.49. The highest BCUT2D eigenvalue weighted by Gasteiger charge is 2.38. The van der Waals surface area contributed by atoms with Gasteiger partial charge in [-0.2, -0.15) is 13.2 Å². The van der Waals surface area contributed by atoms with Gasteiger partial charge in [0.05, 0.1) is 0 Å². The maximum Gasteiger partial charge on any atom is 0.490 e. The summed E-state index contributed by atoms with van der Waals surface area (Å²) in [6.07, 6.45) is -4.23. The Morgan fingerprint density at radius 1 is 1.38 bits per heavy atom. The molecule has 1 rings (SSSR count). The van der Waals surface area contributed by atoms with Gasteiger partial charge in [0.15, 0.2) is 0 Å². The summed E-state index contributed by atoms with van der Waals surface area (Å²) >= 11 is 0. The van der Waals surface area contributed by atoms with Crippen LogP contribution < -0.4 is 0 Å². The van der Waals surface area contributed by atoms with E-state index < -0.39 is 12.1 Å². The van der Waals surface area contributed by atoms with Gasteiger partial charge in [-0.25, -0.2) is 4.79 Å². The first kappa shape index (κ1) is 14.2. The molecule has 1 N–H and O–H groups in total. The fraction of sp³-hybridized carbons (Fsp3) is 0.200. The van der Waals surface area contributed by atoms with E-state index in [1.807, 2.05) is 25.1 Å². The minimum atomic E-state index is -5.08. The second kappa shape index (κ2) is 5.89. The molecule has 0 fully saturated rings. The average molecular weight is 234 g/mol. The largest absolute Gasteiger partial charge is 0.490 e. The van der Waals surface area contributed by atoms with Crippen molar-refractivity contribution in [3.05, 3.63) is 35.4 Å². The van der Waals surface area contributed by atoms with Crippen molar-refractivity contribution in [3.8, 4) is 0 Å². The van der Waals surface area contributed by atoms with Crippen LogP contribution in [0, 0.1) is 6.92 Å². The van der Waals surface area contributed by atoms with Crippen molar-refractivity contribution < 1.29 is 27.9 Å². The lowest BCUT2D eigenvalue weighted by Crippen LogP contribution is -2.21. The van der Waals surface area contributed by atoms with Gasteiger partial charge in [-0.15, -0.1) is 0 Å². The first-order valence-corrected chi connectivity index (χ1v) is 4.09. The summed E-state index contributed by atoms with van der Waals surface area (Å²) in [7, 11) is 0. The maximum atomic E-state index is 10.6. The zero-order valence-electron chi connectivity index (χ0n) is 8.28. The van der Waals surface area contributed by atoms with Gasteiger partial charge in [-0.05, 0) is 13.0 Å². The fourth-order valence-corrected chi connectivity index (χ4v) is 0.743. The van der Waals surface area contributed by atoms with E-state index in [4.69, 9.17) is 9.90 Å². The lowest BCUT2D eigenvalue weighted by molar-refractivity contribution is -0.192. The minimum Gasteiger partial charge on any atom is -0.475 e. The summed E-state index contributed by atoms with van der Waals surface area (Å²) in [5.41, 5.74) is 1.87. The second-order valence-corrected chi connectivity index (χ2v) is 2.83. The molecule has 1 aromatic rings. The molecule has 3 nitrogen and oxygen atoms in total. The molecule has 0 aliphatic carbocycles. The van der Waals surface area contributed by atoms with Gasteiger partial charge in [0.2, 0.25) is 0 Å². The molecular weight excluding hydrogens is 225 g/mol. The zero-order valence-corrected chi connectivity index (χ0v) is 8.28. The third-order valence-electron chi connectivity index (χ3n) is 1.42. The Labute approximate surface area is 89.5 Å². The van der Waals surface area contributed by atoms with Crippen LogP contribution in [0.2, 0.25) is 0 Å². The fourth-order valence-electron chi connectivity index (χ4n) is 0.743. The van der Waals surface area contributed by atoms with Crippen LogP contribution in [0.25, 0.3) is 0 Å². The molecule has 6 heteroatoms. The van der Waals surface area contributed by atoms with E-state index >= 15 is 0 Å². The molecule has 1 aromatic carbocycles. The topological polar surface area (TPSA) is 54.4 Å². The number of hydrogen-bond acceptors (Lipinski definition) is 2. The predicted molar refractivity (Wildman–Crippen MR) is 50.3 cm³/mol. The number of carboxylic acids is 1. The molecule has 16 heavy (non-hydrogen) atoms. The van der Waals surface area contributed by atoms with Crippen molar-refractivity contribution in [1.29, 1.82) is 0 Å². The Kier molecular flexibility index (Phi) is 5.21. The van der Waals surface area contributed by atoms with E-state index in [0.29, 0.717) is 0 Å². The molecule has 0 bridgehead atoms. The van der Waals surface area contributed by atoms with Crippen LogP contribution in [-0.2, 0) is 4.79 Å². The Hall–Kier alpha value is -1.85. The number of aryl methyl sites for hydroxylation is 1. The number of alkyl halides is 3. The molecule has 0 spiro atoms. The number of carbonyl (C=O) groups excluding carboxylic acids is 1. The van der Waals surface area contributed by atoms with Crippen molar-refractivity contribution in [3.63, 3.8) is 0 Å². The molecule has 0 atom stereocenters. The van der Waals surface area contributed by atoms with Crippen molar-refractivity contribution in [2.24, 2.45) is 0 Å². The number of aliphatic carboxylic acids is 1. The number of rotatable bonds is 1. The molecule has 0 heterocycles. The number of carbonyl (C=O) groups is 2. The van der Waals surface area contributed by atoms with Gasteiger partial charge in [0, 0.05) is 5.56 Å². The molecule has 0 unspecified atom stereocenters. The minimum absolute atomic E-state index is 0.745. The number of hydrogen-bond donors (Lipinski definition) is 1. The highest BCUT2D eigenvalue weighted by atomic mass is 19.4. The normalized spacial score (nSPS) is 10.0.